The normalized spacial score (nSPS) is 13.5. The van der Waals surface area contributed by atoms with Crippen LogP contribution in [0.3, 0.4) is 0 Å². The van der Waals surface area contributed by atoms with Crippen LogP contribution < -0.4 is 11.1 Å². The molecule has 0 fully saturated rings. The molecule has 0 heterocycles. The molecule has 0 saturated carbocycles. The number of nitrogens with one attached hydrogen (secondary N) is 1. The van der Waals surface area contributed by atoms with E-state index >= 15 is 0 Å². The first-order valence-electron chi connectivity index (χ1n) is 5.79. The van der Waals surface area contributed by atoms with Crippen molar-refractivity contribution in [2.45, 2.75) is 40.0 Å². The lowest BCUT2D eigenvalue weighted by atomic mass is 9.80. The molecule has 0 aliphatic heterocycles. The topological polar surface area (TPSA) is 61.8 Å². The van der Waals surface area contributed by atoms with Crippen molar-refractivity contribution in [3.05, 3.63) is 0 Å². The van der Waals surface area contributed by atoms with Crippen LogP contribution in [0.5, 0.6) is 0 Å². The summed E-state index contributed by atoms with van der Waals surface area (Å²) in [7, 11) is 0. The molecule has 1 unspecified atom stereocenters. The van der Waals surface area contributed by atoms with E-state index in [0.29, 0.717) is 17.8 Å². The Kier molecular flexibility index (Phi) is 7.37. The van der Waals surface area contributed by atoms with Gasteiger partial charge in [0.25, 0.3) is 0 Å². The third-order valence-electron chi connectivity index (χ3n) is 2.63. The Morgan fingerprint density at radius 2 is 2.13 bits per heavy atom. The molecule has 15 heavy (non-hydrogen) atoms. The Balaban J connectivity index is 3.64. The van der Waals surface area contributed by atoms with Crippen LogP contribution in [0, 0.1) is 22.7 Å². The maximum absolute atomic E-state index is 8.38. The van der Waals surface area contributed by atoms with Crippen LogP contribution in [0.2, 0.25) is 0 Å². The highest BCUT2D eigenvalue weighted by Gasteiger charge is 2.19. The summed E-state index contributed by atoms with van der Waals surface area (Å²) < 4.78 is 0. The van der Waals surface area contributed by atoms with Gasteiger partial charge in [0.15, 0.2) is 0 Å². The zero-order valence-electron chi connectivity index (χ0n) is 10.3. The fourth-order valence-corrected chi connectivity index (χ4v) is 2.00. The SMILES string of the molecule is CC(CNCCC#N)CC(C)(C)CCN. The van der Waals surface area contributed by atoms with Gasteiger partial charge in [-0.1, -0.05) is 20.8 Å². The van der Waals surface area contributed by atoms with Crippen molar-refractivity contribution in [1.82, 2.24) is 5.32 Å². The minimum atomic E-state index is 0.338. The third kappa shape index (κ3) is 8.41. The van der Waals surface area contributed by atoms with Crippen LogP contribution in [0.15, 0.2) is 0 Å². The number of nitrogens with two attached hydrogens (primary N) is 1. The molecule has 3 nitrogen and oxygen atoms in total. The van der Waals surface area contributed by atoms with Gasteiger partial charge in [-0.15, -0.1) is 0 Å². The monoisotopic (exact) mass is 211 g/mol. The van der Waals surface area contributed by atoms with Crippen molar-refractivity contribution in [1.29, 1.82) is 5.26 Å². The summed E-state index contributed by atoms with van der Waals surface area (Å²) in [5.74, 6) is 0.644. The second kappa shape index (κ2) is 7.67. The van der Waals surface area contributed by atoms with Gasteiger partial charge in [0.05, 0.1) is 6.07 Å². The second-order valence-corrected chi connectivity index (χ2v) is 5.12. The van der Waals surface area contributed by atoms with E-state index in [1.807, 2.05) is 0 Å². The van der Waals surface area contributed by atoms with Gasteiger partial charge >= 0.3 is 0 Å². The van der Waals surface area contributed by atoms with E-state index in [0.717, 1.165) is 26.1 Å². The summed E-state index contributed by atoms with van der Waals surface area (Å²) in [5, 5.41) is 11.7. The maximum Gasteiger partial charge on any atom is 0.0635 e. The average molecular weight is 211 g/mol. The van der Waals surface area contributed by atoms with Gasteiger partial charge in [-0.3, -0.25) is 0 Å². The summed E-state index contributed by atoms with van der Waals surface area (Å²) in [5.41, 5.74) is 5.92. The fourth-order valence-electron chi connectivity index (χ4n) is 2.00. The largest absolute Gasteiger partial charge is 0.330 e. The lowest BCUT2D eigenvalue weighted by Crippen LogP contribution is -2.27. The van der Waals surface area contributed by atoms with Gasteiger partial charge in [0.2, 0.25) is 0 Å². The molecule has 0 radical (unpaired) electrons. The van der Waals surface area contributed by atoms with E-state index in [-0.39, 0.29) is 0 Å². The number of rotatable bonds is 8. The first-order valence-corrected chi connectivity index (χ1v) is 5.79. The van der Waals surface area contributed by atoms with E-state index in [2.05, 4.69) is 32.2 Å². The number of hydrogen-bond acceptors (Lipinski definition) is 3. The lowest BCUT2D eigenvalue weighted by Gasteiger charge is -2.27. The zero-order chi connectivity index (χ0) is 11.7. The fraction of sp³-hybridized carbons (Fsp3) is 0.917. The van der Waals surface area contributed by atoms with Gasteiger partial charge < -0.3 is 11.1 Å². The van der Waals surface area contributed by atoms with E-state index in [1.54, 1.807) is 0 Å². The quantitative estimate of drug-likeness (QED) is 0.603. The minimum absolute atomic E-state index is 0.338. The van der Waals surface area contributed by atoms with Crippen molar-refractivity contribution in [3.63, 3.8) is 0 Å². The second-order valence-electron chi connectivity index (χ2n) is 5.12. The summed E-state index contributed by atoms with van der Waals surface area (Å²) in [4.78, 5) is 0. The average Bonchev–Trinajstić information content (AvgIpc) is 2.11. The van der Waals surface area contributed by atoms with E-state index in [9.17, 15) is 0 Å². The molecular formula is C12H25N3. The molecule has 0 amide bonds. The van der Waals surface area contributed by atoms with Crippen molar-refractivity contribution in [2.75, 3.05) is 19.6 Å². The molecule has 3 N–H and O–H groups in total. The first kappa shape index (κ1) is 14.4. The molecule has 0 saturated heterocycles. The highest BCUT2D eigenvalue weighted by Crippen LogP contribution is 2.28. The van der Waals surface area contributed by atoms with Crippen LogP contribution in [0.25, 0.3) is 0 Å². The van der Waals surface area contributed by atoms with Gasteiger partial charge in [0.1, 0.15) is 0 Å². The Labute approximate surface area is 94.0 Å². The number of hydrogen-bond donors (Lipinski definition) is 2. The summed E-state index contributed by atoms with van der Waals surface area (Å²) in [6.07, 6.45) is 2.86. The van der Waals surface area contributed by atoms with Crippen molar-refractivity contribution < 1.29 is 0 Å². The Morgan fingerprint density at radius 1 is 1.47 bits per heavy atom. The Bertz CT molecular complexity index is 194. The molecule has 88 valence electrons. The Hall–Kier alpha value is -0.590. The van der Waals surface area contributed by atoms with Crippen molar-refractivity contribution in [2.24, 2.45) is 17.1 Å². The smallest absolute Gasteiger partial charge is 0.0635 e. The Morgan fingerprint density at radius 3 is 2.67 bits per heavy atom. The molecule has 0 spiro atoms. The lowest BCUT2D eigenvalue weighted by molar-refractivity contribution is 0.257. The summed E-state index contributed by atoms with van der Waals surface area (Å²) in [6.45, 7) is 9.35. The molecule has 1 atom stereocenters. The molecule has 0 rings (SSSR count). The van der Waals surface area contributed by atoms with E-state index < -0.39 is 0 Å². The van der Waals surface area contributed by atoms with E-state index in [1.165, 1.54) is 6.42 Å². The summed E-state index contributed by atoms with van der Waals surface area (Å²) in [6, 6.07) is 2.13. The molecular weight excluding hydrogens is 186 g/mol. The predicted molar refractivity (Wildman–Crippen MR) is 64.3 cm³/mol. The molecule has 0 aromatic rings. The molecule has 0 aromatic heterocycles. The molecule has 0 aromatic carbocycles. The van der Waals surface area contributed by atoms with Crippen LogP contribution >= 0.6 is 0 Å². The highest BCUT2D eigenvalue weighted by atomic mass is 14.8. The predicted octanol–water partition coefficient (Wildman–Crippen LogP) is 1.89. The molecule has 0 bridgehead atoms. The zero-order valence-corrected chi connectivity index (χ0v) is 10.3. The van der Waals surface area contributed by atoms with E-state index in [4.69, 9.17) is 11.0 Å². The molecule has 0 aliphatic rings. The standard InChI is InChI=1S/C12H25N3/c1-11(10-15-8-4-6-13)9-12(2,3)5-7-14/h11,15H,4-5,7-10,14H2,1-3H3. The highest BCUT2D eigenvalue weighted by molar-refractivity contribution is 4.74. The van der Waals surface area contributed by atoms with Crippen LogP contribution in [0.1, 0.15) is 40.0 Å². The van der Waals surface area contributed by atoms with Gasteiger partial charge in [-0.05, 0) is 37.3 Å². The number of nitrogens with zero attached hydrogens (tertiary/aromatic N) is 1. The third-order valence-corrected chi connectivity index (χ3v) is 2.63. The molecule has 3 heteroatoms. The maximum atomic E-state index is 8.38. The first-order chi connectivity index (χ1) is 7.02. The van der Waals surface area contributed by atoms with Gasteiger partial charge in [-0.2, -0.15) is 5.26 Å². The van der Waals surface area contributed by atoms with Gasteiger partial charge in [-0.25, -0.2) is 0 Å². The molecule has 0 aliphatic carbocycles. The van der Waals surface area contributed by atoms with Crippen molar-refractivity contribution >= 4 is 0 Å². The number of nitriles is 1. The van der Waals surface area contributed by atoms with Crippen LogP contribution in [0.4, 0.5) is 0 Å². The van der Waals surface area contributed by atoms with Crippen molar-refractivity contribution in [3.8, 4) is 6.07 Å². The van der Waals surface area contributed by atoms with Gasteiger partial charge in [0, 0.05) is 13.0 Å². The van der Waals surface area contributed by atoms with Crippen LogP contribution in [-0.4, -0.2) is 19.6 Å². The summed E-state index contributed by atoms with van der Waals surface area (Å²) >= 11 is 0. The van der Waals surface area contributed by atoms with Crippen LogP contribution in [-0.2, 0) is 0 Å². The minimum Gasteiger partial charge on any atom is -0.330 e.